The van der Waals surface area contributed by atoms with E-state index in [2.05, 4.69) is 10.6 Å². The summed E-state index contributed by atoms with van der Waals surface area (Å²) in [5.41, 5.74) is 0.843. The molecule has 0 bridgehead atoms. The topological polar surface area (TPSA) is 125 Å². The van der Waals surface area contributed by atoms with E-state index >= 15 is 0 Å². The highest BCUT2D eigenvalue weighted by Gasteiger charge is 2.66. The van der Waals surface area contributed by atoms with E-state index < -0.39 is 46.0 Å². The number of amides is 3. The number of ether oxygens (including phenoxy) is 1. The number of aliphatic hydroxyl groups excluding tert-OH is 1. The molecule has 168 valence electrons. The van der Waals surface area contributed by atoms with Crippen LogP contribution < -0.4 is 10.6 Å². The van der Waals surface area contributed by atoms with Gasteiger partial charge in [0.2, 0.25) is 17.7 Å². The lowest BCUT2D eigenvalue weighted by Gasteiger charge is -2.45. The Hall–Kier alpha value is -2.59. The lowest BCUT2D eigenvalue weighted by atomic mass is 9.87. The molecule has 2 heterocycles. The number of carbonyl (C=O) groups excluding carboxylic acids is 4. The minimum Gasteiger partial charge on any atom is -0.459 e. The standard InChI is InChI=1S/C21H27N3O6S/c1-12(25)22-9-10-23-17(27)15(26)14-18(28)24-16(21(2,3)31-19(14)24)20(29)30-11-13-7-5-4-6-8-13/h4-8,14-16,19,26H,9-11H2,1-3H3,(H,22,25)(H,23,27)/t14-,15+,16+,19-/m1/s1. The van der Waals surface area contributed by atoms with Crippen LogP contribution in [0.25, 0.3) is 0 Å². The number of nitrogens with zero attached hydrogens (tertiary/aromatic N) is 1. The lowest BCUT2D eigenvalue weighted by Crippen LogP contribution is -2.67. The summed E-state index contributed by atoms with van der Waals surface area (Å²) in [6.07, 6.45) is -1.53. The molecule has 0 radical (unpaired) electrons. The lowest BCUT2D eigenvalue weighted by molar-refractivity contribution is -0.173. The first-order valence-electron chi connectivity index (χ1n) is 10.0. The molecule has 3 rings (SSSR count). The molecule has 0 aliphatic carbocycles. The number of rotatable bonds is 8. The Morgan fingerprint density at radius 1 is 1.19 bits per heavy atom. The molecular weight excluding hydrogens is 422 g/mol. The first-order valence-corrected chi connectivity index (χ1v) is 10.9. The zero-order valence-electron chi connectivity index (χ0n) is 17.7. The summed E-state index contributed by atoms with van der Waals surface area (Å²) in [7, 11) is 0. The second kappa shape index (κ2) is 9.27. The van der Waals surface area contributed by atoms with Crippen molar-refractivity contribution in [1.29, 1.82) is 0 Å². The number of thioether (sulfide) groups is 1. The van der Waals surface area contributed by atoms with Gasteiger partial charge in [-0.2, -0.15) is 0 Å². The molecule has 10 heteroatoms. The van der Waals surface area contributed by atoms with Gasteiger partial charge in [-0.3, -0.25) is 14.4 Å². The molecule has 0 unspecified atom stereocenters. The number of hydrogen-bond donors (Lipinski definition) is 3. The average Bonchev–Trinajstić information content (AvgIpc) is 2.97. The first-order chi connectivity index (χ1) is 14.6. The third kappa shape index (κ3) is 4.85. The Kier molecular flexibility index (Phi) is 6.90. The van der Waals surface area contributed by atoms with Crippen molar-refractivity contribution in [3.8, 4) is 0 Å². The zero-order valence-corrected chi connectivity index (χ0v) is 18.5. The van der Waals surface area contributed by atoms with E-state index in [0.717, 1.165) is 5.56 Å². The number of aliphatic hydroxyl groups is 1. The molecule has 2 aliphatic rings. The van der Waals surface area contributed by atoms with Crippen LogP contribution in [0.1, 0.15) is 26.3 Å². The van der Waals surface area contributed by atoms with Crippen LogP contribution in [-0.4, -0.2) is 69.1 Å². The minimum atomic E-state index is -1.53. The van der Waals surface area contributed by atoms with Gasteiger partial charge in [0.15, 0.2) is 0 Å². The minimum absolute atomic E-state index is 0.104. The van der Waals surface area contributed by atoms with Gasteiger partial charge in [-0.15, -0.1) is 11.8 Å². The van der Waals surface area contributed by atoms with Crippen molar-refractivity contribution in [1.82, 2.24) is 15.5 Å². The Morgan fingerprint density at radius 2 is 1.84 bits per heavy atom. The predicted molar refractivity (Wildman–Crippen MR) is 114 cm³/mol. The fraction of sp³-hybridized carbons (Fsp3) is 0.524. The number of β-lactam (4-membered cyclic amide) rings is 1. The zero-order chi connectivity index (χ0) is 22.8. The van der Waals surface area contributed by atoms with Gasteiger partial charge >= 0.3 is 5.97 Å². The van der Waals surface area contributed by atoms with Crippen LogP contribution in [0, 0.1) is 5.92 Å². The van der Waals surface area contributed by atoms with Crippen LogP contribution in [-0.2, 0) is 30.5 Å². The van der Waals surface area contributed by atoms with Gasteiger partial charge in [-0.1, -0.05) is 30.3 Å². The Morgan fingerprint density at radius 3 is 2.48 bits per heavy atom. The number of fused-ring (bicyclic) bond motifs is 1. The summed E-state index contributed by atoms with van der Waals surface area (Å²) in [6, 6.07) is 8.45. The average molecular weight is 450 g/mol. The molecule has 2 aliphatic heterocycles. The molecular formula is C21H27N3O6S. The number of benzene rings is 1. The Bertz CT molecular complexity index is 862. The van der Waals surface area contributed by atoms with Crippen LogP contribution in [0.2, 0.25) is 0 Å². The highest BCUT2D eigenvalue weighted by Crippen LogP contribution is 2.54. The smallest absolute Gasteiger partial charge is 0.330 e. The molecule has 2 fully saturated rings. The van der Waals surface area contributed by atoms with Crippen molar-refractivity contribution in [2.45, 2.75) is 49.6 Å². The van der Waals surface area contributed by atoms with E-state index in [0.29, 0.717) is 0 Å². The monoisotopic (exact) mass is 449 g/mol. The van der Waals surface area contributed by atoms with Crippen molar-refractivity contribution in [2.75, 3.05) is 13.1 Å². The molecule has 3 N–H and O–H groups in total. The highest BCUT2D eigenvalue weighted by molar-refractivity contribution is 8.01. The molecule has 3 amide bonds. The van der Waals surface area contributed by atoms with Crippen LogP contribution >= 0.6 is 11.8 Å². The van der Waals surface area contributed by atoms with E-state index in [1.807, 2.05) is 44.2 Å². The molecule has 1 aromatic rings. The second-order valence-corrected chi connectivity index (χ2v) is 9.87. The van der Waals surface area contributed by atoms with Crippen molar-refractivity contribution >= 4 is 35.5 Å². The van der Waals surface area contributed by atoms with Crippen molar-refractivity contribution in [3.63, 3.8) is 0 Å². The normalized spacial score (nSPS) is 24.6. The Balaban J connectivity index is 1.60. The Labute approximate surface area is 184 Å². The highest BCUT2D eigenvalue weighted by atomic mass is 32.2. The molecule has 4 atom stereocenters. The molecule has 31 heavy (non-hydrogen) atoms. The maximum Gasteiger partial charge on any atom is 0.330 e. The van der Waals surface area contributed by atoms with E-state index in [1.165, 1.54) is 23.6 Å². The largest absolute Gasteiger partial charge is 0.459 e. The number of esters is 1. The number of hydrogen-bond acceptors (Lipinski definition) is 7. The van der Waals surface area contributed by atoms with Gasteiger partial charge in [0.05, 0.1) is 5.37 Å². The number of nitrogens with one attached hydrogen (secondary N) is 2. The van der Waals surface area contributed by atoms with Gasteiger partial charge in [-0.05, 0) is 19.4 Å². The van der Waals surface area contributed by atoms with E-state index in [1.54, 1.807) is 0 Å². The van der Waals surface area contributed by atoms with Gasteiger partial charge in [0, 0.05) is 24.8 Å². The van der Waals surface area contributed by atoms with Crippen LogP contribution in [0.15, 0.2) is 30.3 Å². The van der Waals surface area contributed by atoms with Crippen molar-refractivity contribution in [2.24, 2.45) is 5.92 Å². The molecule has 0 saturated carbocycles. The summed E-state index contributed by atoms with van der Waals surface area (Å²) >= 11 is 1.37. The summed E-state index contributed by atoms with van der Waals surface area (Å²) in [5, 5.41) is 15.0. The quantitative estimate of drug-likeness (QED) is 0.290. The van der Waals surface area contributed by atoms with Crippen molar-refractivity contribution in [3.05, 3.63) is 35.9 Å². The summed E-state index contributed by atoms with van der Waals surface area (Å²) in [5.74, 6) is -2.80. The van der Waals surface area contributed by atoms with E-state index in [-0.39, 0.29) is 25.6 Å². The third-order valence-electron chi connectivity index (χ3n) is 5.34. The maximum absolute atomic E-state index is 12.8. The van der Waals surface area contributed by atoms with Gasteiger partial charge < -0.3 is 25.4 Å². The summed E-state index contributed by atoms with van der Waals surface area (Å²) < 4.78 is 4.82. The van der Waals surface area contributed by atoms with Gasteiger partial charge in [-0.25, -0.2) is 4.79 Å². The van der Waals surface area contributed by atoms with Gasteiger partial charge in [0.25, 0.3) is 0 Å². The third-order valence-corrected chi connectivity index (χ3v) is 6.93. The fourth-order valence-corrected chi connectivity index (χ4v) is 5.53. The van der Waals surface area contributed by atoms with Crippen LogP contribution in [0.5, 0.6) is 0 Å². The molecule has 0 spiro atoms. The molecule has 1 aromatic carbocycles. The first kappa shape index (κ1) is 23.1. The predicted octanol–water partition coefficient (Wildman–Crippen LogP) is 0.0215. The second-order valence-electron chi connectivity index (χ2n) is 8.10. The van der Waals surface area contributed by atoms with E-state index in [9.17, 15) is 24.3 Å². The van der Waals surface area contributed by atoms with Crippen molar-refractivity contribution < 1.29 is 29.0 Å². The molecule has 0 aromatic heterocycles. The fourth-order valence-electron chi connectivity index (χ4n) is 3.81. The maximum atomic E-state index is 12.8. The SMILES string of the molecule is CC(=O)NCCNC(=O)[C@@H](O)[C@@H]1C(=O)N2[C@@H]1SC(C)(C)[C@@H]2C(=O)OCc1ccccc1. The molecule has 9 nitrogen and oxygen atoms in total. The molecule has 2 saturated heterocycles. The number of carbonyl (C=O) groups is 4. The van der Waals surface area contributed by atoms with Gasteiger partial charge in [0.1, 0.15) is 24.7 Å². The summed E-state index contributed by atoms with van der Waals surface area (Å²) in [4.78, 5) is 50.1. The van der Waals surface area contributed by atoms with E-state index in [4.69, 9.17) is 4.74 Å². The summed E-state index contributed by atoms with van der Waals surface area (Å²) in [6.45, 7) is 5.51. The van der Waals surface area contributed by atoms with Crippen LogP contribution in [0.3, 0.4) is 0 Å². The van der Waals surface area contributed by atoms with Crippen LogP contribution in [0.4, 0.5) is 0 Å².